The molecule has 0 aliphatic rings. The topological polar surface area (TPSA) is 71.1 Å². The fourth-order valence-electron chi connectivity index (χ4n) is 1.34. The quantitative estimate of drug-likeness (QED) is 0.839. The Hall–Kier alpha value is -1.35. The van der Waals surface area contributed by atoms with Gasteiger partial charge in [0.2, 0.25) is 10.0 Å². The minimum Gasteiger partial charge on any atom is -0.384 e. The molecule has 108 valence electrons. The van der Waals surface area contributed by atoms with Crippen molar-refractivity contribution in [2.24, 2.45) is 0 Å². The van der Waals surface area contributed by atoms with Crippen LogP contribution in [0, 0.1) is 0 Å². The fraction of sp³-hybridized carbons (Fsp3) is 0.500. The van der Waals surface area contributed by atoms with E-state index in [1.165, 1.54) is 12.3 Å². The third kappa shape index (κ3) is 5.03. The Bertz CT molecular complexity index is 517. The third-order valence-corrected chi connectivity index (χ3v) is 3.63. The molecule has 2 N–H and O–H groups in total. The van der Waals surface area contributed by atoms with E-state index in [2.05, 4.69) is 10.3 Å². The van der Waals surface area contributed by atoms with Gasteiger partial charge in [0.05, 0.1) is 12.1 Å². The zero-order chi connectivity index (χ0) is 14.5. The average molecular weight is 297 g/mol. The van der Waals surface area contributed by atoms with E-state index in [4.69, 9.17) is 0 Å². The highest BCUT2D eigenvalue weighted by atomic mass is 32.2. The molecule has 0 aliphatic carbocycles. The molecule has 1 aromatic heterocycles. The Morgan fingerprint density at radius 3 is 2.63 bits per heavy atom. The highest BCUT2D eigenvalue weighted by molar-refractivity contribution is 7.89. The molecule has 1 heterocycles. The van der Waals surface area contributed by atoms with Gasteiger partial charge in [0.25, 0.3) is 0 Å². The second-order valence-electron chi connectivity index (χ2n) is 3.67. The lowest BCUT2D eigenvalue weighted by Crippen LogP contribution is -2.28. The van der Waals surface area contributed by atoms with E-state index in [1.54, 1.807) is 6.92 Å². The van der Waals surface area contributed by atoms with E-state index in [9.17, 15) is 21.6 Å². The van der Waals surface area contributed by atoms with Crippen LogP contribution in [0.5, 0.6) is 0 Å². The number of halogens is 3. The SMILES string of the molecule is CCNc1ccncc1S(=O)(=O)NCCC(F)(F)F. The predicted molar refractivity (Wildman–Crippen MR) is 64.3 cm³/mol. The van der Waals surface area contributed by atoms with E-state index < -0.39 is 29.2 Å². The first kappa shape index (κ1) is 15.7. The first-order valence-corrected chi connectivity index (χ1v) is 6.99. The zero-order valence-electron chi connectivity index (χ0n) is 10.2. The normalized spacial score (nSPS) is 12.4. The Kier molecular flexibility index (Phi) is 5.12. The molecule has 1 rings (SSSR count). The van der Waals surface area contributed by atoms with Gasteiger partial charge >= 0.3 is 6.18 Å². The Morgan fingerprint density at radius 1 is 1.37 bits per heavy atom. The number of anilines is 1. The van der Waals surface area contributed by atoms with Gasteiger partial charge in [0.1, 0.15) is 4.90 Å². The van der Waals surface area contributed by atoms with Crippen molar-refractivity contribution in [1.82, 2.24) is 9.71 Å². The van der Waals surface area contributed by atoms with E-state index in [0.29, 0.717) is 12.2 Å². The maximum Gasteiger partial charge on any atom is 0.390 e. The molecule has 0 fully saturated rings. The zero-order valence-corrected chi connectivity index (χ0v) is 11.0. The van der Waals surface area contributed by atoms with Crippen molar-refractivity contribution in [3.05, 3.63) is 18.5 Å². The van der Waals surface area contributed by atoms with Gasteiger partial charge in [-0.2, -0.15) is 13.2 Å². The Labute approximate surface area is 109 Å². The minimum atomic E-state index is -4.40. The number of rotatable bonds is 6. The maximum absolute atomic E-state index is 12.0. The summed E-state index contributed by atoms with van der Waals surface area (Å²) in [6.45, 7) is 1.55. The van der Waals surface area contributed by atoms with Crippen molar-refractivity contribution >= 4 is 15.7 Å². The lowest BCUT2D eigenvalue weighted by Gasteiger charge is -2.12. The molecule has 0 spiro atoms. The maximum atomic E-state index is 12.0. The molecule has 9 heteroatoms. The van der Waals surface area contributed by atoms with Crippen LogP contribution in [0.15, 0.2) is 23.4 Å². The number of hydrogen-bond acceptors (Lipinski definition) is 4. The summed E-state index contributed by atoms with van der Waals surface area (Å²) in [5, 5.41) is 2.81. The van der Waals surface area contributed by atoms with Gasteiger partial charge in [-0.15, -0.1) is 0 Å². The summed E-state index contributed by atoms with van der Waals surface area (Å²) in [6, 6.07) is 1.45. The van der Waals surface area contributed by atoms with Crippen molar-refractivity contribution in [3.63, 3.8) is 0 Å². The largest absolute Gasteiger partial charge is 0.390 e. The van der Waals surface area contributed by atoms with Gasteiger partial charge in [0.15, 0.2) is 0 Å². The summed E-state index contributed by atoms with van der Waals surface area (Å²) in [5.41, 5.74) is 0.303. The highest BCUT2D eigenvalue weighted by Crippen LogP contribution is 2.21. The number of sulfonamides is 1. The van der Waals surface area contributed by atoms with Crippen molar-refractivity contribution < 1.29 is 21.6 Å². The van der Waals surface area contributed by atoms with E-state index in [1.807, 2.05) is 4.72 Å². The monoisotopic (exact) mass is 297 g/mol. The van der Waals surface area contributed by atoms with E-state index in [0.717, 1.165) is 6.20 Å². The molecule has 0 aliphatic heterocycles. The number of nitrogens with one attached hydrogen (secondary N) is 2. The third-order valence-electron chi connectivity index (χ3n) is 2.14. The molecule has 5 nitrogen and oxygen atoms in total. The first-order chi connectivity index (χ1) is 8.76. The van der Waals surface area contributed by atoms with Crippen LogP contribution in [0.1, 0.15) is 13.3 Å². The lowest BCUT2D eigenvalue weighted by atomic mass is 10.4. The molecule has 0 saturated heterocycles. The molecular formula is C10H14F3N3O2S. The number of hydrogen-bond donors (Lipinski definition) is 2. The number of alkyl halides is 3. The van der Waals surface area contributed by atoms with Crippen LogP contribution in [0.4, 0.5) is 18.9 Å². The van der Waals surface area contributed by atoms with Crippen LogP contribution in [-0.4, -0.2) is 32.7 Å². The highest BCUT2D eigenvalue weighted by Gasteiger charge is 2.28. The van der Waals surface area contributed by atoms with Crippen LogP contribution in [0.25, 0.3) is 0 Å². The Morgan fingerprint density at radius 2 is 2.05 bits per heavy atom. The molecule has 19 heavy (non-hydrogen) atoms. The Balaban J connectivity index is 2.83. The van der Waals surface area contributed by atoms with Crippen molar-refractivity contribution in [2.45, 2.75) is 24.4 Å². The molecule has 0 radical (unpaired) electrons. The predicted octanol–water partition coefficient (Wildman–Crippen LogP) is 1.74. The molecule has 0 amide bonds. The van der Waals surface area contributed by atoms with Gasteiger partial charge in [0, 0.05) is 25.5 Å². The van der Waals surface area contributed by atoms with Crippen LogP contribution < -0.4 is 10.0 Å². The standard InChI is InChI=1S/C10H14F3N3O2S/c1-2-15-8-3-5-14-7-9(8)19(17,18)16-6-4-10(11,12)13/h3,5,7,16H,2,4,6H2,1H3,(H,14,15). The summed E-state index contributed by atoms with van der Waals surface area (Å²) in [4.78, 5) is 3.50. The summed E-state index contributed by atoms with van der Waals surface area (Å²) in [7, 11) is -4.01. The summed E-state index contributed by atoms with van der Waals surface area (Å²) in [5.74, 6) is 0. The molecule has 0 saturated carbocycles. The van der Waals surface area contributed by atoms with Crippen molar-refractivity contribution in [2.75, 3.05) is 18.4 Å². The number of nitrogens with zero attached hydrogens (tertiary/aromatic N) is 1. The molecule has 0 bridgehead atoms. The van der Waals surface area contributed by atoms with Crippen LogP contribution in [0.2, 0.25) is 0 Å². The first-order valence-electron chi connectivity index (χ1n) is 5.50. The van der Waals surface area contributed by atoms with Gasteiger partial charge < -0.3 is 5.32 Å². The molecule has 0 atom stereocenters. The lowest BCUT2D eigenvalue weighted by molar-refractivity contribution is -0.132. The molecule has 1 aromatic rings. The minimum absolute atomic E-state index is 0.168. The van der Waals surface area contributed by atoms with E-state index >= 15 is 0 Å². The molecular weight excluding hydrogens is 283 g/mol. The van der Waals surface area contributed by atoms with Crippen LogP contribution in [-0.2, 0) is 10.0 Å². The average Bonchev–Trinajstić information content (AvgIpc) is 2.28. The molecule has 0 unspecified atom stereocenters. The van der Waals surface area contributed by atoms with Crippen LogP contribution >= 0.6 is 0 Å². The van der Waals surface area contributed by atoms with Gasteiger partial charge in [-0.05, 0) is 13.0 Å². The summed E-state index contributed by atoms with van der Waals surface area (Å²) in [6.07, 6.45) is -3.13. The number of pyridine rings is 1. The second-order valence-corrected chi connectivity index (χ2v) is 5.40. The molecule has 0 aromatic carbocycles. The van der Waals surface area contributed by atoms with Gasteiger partial charge in [-0.1, -0.05) is 0 Å². The van der Waals surface area contributed by atoms with Gasteiger partial charge in [-0.3, -0.25) is 4.98 Å². The van der Waals surface area contributed by atoms with Gasteiger partial charge in [-0.25, -0.2) is 13.1 Å². The van der Waals surface area contributed by atoms with Crippen LogP contribution in [0.3, 0.4) is 0 Å². The summed E-state index contributed by atoms with van der Waals surface area (Å²) >= 11 is 0. The number of aromatic nitrogens is 1. The second kappa shape index (κ2) is 6.20. The van der Waals surface area contributed by atoms with Crippen molar-refractivity contribution in [1.29, 1.82) is 0 Å². The fourth-order valence-corrected chi connectivity index (χ4v) is 2.49. The van der Waals surface area contributed by atoms with Crippen molar-refractivity contribution in [3.8, 4) is 0 Å². The smallest absolute Gasteiger partial charge is 0.384 e. The van der Waals surface area contributed by atoms with E-state index in [-0.39, 0.29) is 4.90 Å². The summed E-state index contributed by atoms with van der Waals surface area (Å²) < 4.78 is 61.5.